The zero-order chi connectivity index (χ0) is 29.0. The number of carbonyl (C=O) groups is 2. The van der Waals surface area contributed by atoms with Gasteiger partial charge in [0.15, 0.2) is 0 Å². The van der Waals surface area contributed by atoms with Gasteiger partial charge in [0.25, 0.3) is 0 Å². The highest BCUT2D eigenvalue weighted by atomic mass is 32.2. The third-order valence-electron chi connectivity index (χ3n) is 7.43. The van der Waals surface area contributed by atoms with E-state index in [0.717, 1.165) is 52.9 Å². The molecule has 2 amide bonds. The molecule has 3 aromatic rings. The summed E-state index contributed by atoms with van der Waals surface area (Å²) in [6, 6.07) is 10.2. The van der Waals surface area contributed by atoms with Crippen LogP contribution in [0, 0.1) is 5.92 Å². The Bertz CT molecular complexity index is 1400. The first-order chi connectivity index (χ1) is 19.7. The molecule has 218 valence electrons. The van der Waals surface area contributed by atoms with Crippen molar-refractivity contribution in [1.82, 2.24) is 25.6 Å². The van der Waals surface area contributed by atoms with Crippen LogP contribution in [0.3, 0.4) is 0 Å². The van der Waals surface area contributed by atoms with Gasteiger partial charge in [-0.25, -0.2) is 19.7 Å². The van der Waals surface area contributed by atoms with Gasteiger partial charge in [-0.2, -0.15) is 0 Å². The highest BCUT2D eigenvalue weighted by Gasteiger charge is 2.31. The lowest BCUT2D eigenvalue weighted by molar-refractivity contribution is -0.113. The second kappa shape index (κ2) is 12.6. The fourth-order valence-corrected chi connectivity index (χ4v) is 6.20. The molecule has 0 radical (unpaired) electrons. The van der Waals surface area contributed by atoms with Gasteiger partial charge in [0.1, 0.15) is 11.4 Å². The number of para-hydroxylation sites is 1. The summed E-state index contributed by atoms with van der Waals surface area (Å²) in [6.45, 7) is 6.25. The molecule has 0 saturated heterocycles. The van der Waals surface area contributed by atoms with Crippen LogP contribution in [0.15, 0.2) is 41.4 Å². The van der Waals surface area contributed by atoms with Crippen LogP contribution < -0.4 is 20.7 Å². The molecule has 1 aliphatic heterocycles. The molecule has 1 saturated carbocycles. The number of methoxy groups -OCH3 is 1. The number of pyridine rings is 1. The van der Waals surface area contributed by atoms with Gasteiger partial charge in [-0.3, -0.25) is 4.79 Å². The maximum absolute atomic E-state index is 12.9. The van der Waals surface area contributed by atoms with E-state index >= 15 is 0 Å². The summed E-state index contributed by atoms with van der Waals surface area (Å²) in [7, 11) is 1.58. The summed E-state index contributed by atoms with van der Waals surface area (Å²) in [6.07, 6.45) is 5.71. The fourth-order valence-electron chi connectivity index (χ4n) is 5.45. The number of alkyl carbamates (subject to hydrolysis) is 1. The number of benzene rings is 1. The van der Waals surface area contributed by atoms with Gasteiger partial charge in [-0.05, 0) is 82.6 Å². The quantitative estimate of drug-likeness (QED) is 0.343. The maximum Gasteiger partial charge on any atom is 0.407 e. The normalized spacial score (nSPS) is 19.7. The van der Waals surface area contributed by atoms with E-state index in [-0.39, 0.29) is 17.9 Å². The van der Waals surface area contributed by atoms with Crippen molar-refractivity contribution in [2.75, 3.05) is 18.2 Å². The minimum atomic E-state index is -0.583. The lowest BCUT2D eigenvalue weighted by atomic mass is 9.79. The summed E-state index contributed by atoms with van der Waals surface area (Å²) in [5.74, 6) is 1.82. The van der Waals surface area contributed by atoms with Crippen molar-refractivity contribution < 1.29 is 19.1 Å². The van der Waals surface area contributed by atoms with Crippen LogP contribution >= 0.6 is 11.8 Å². The average molecular weight is 579 g/mol. The number of rotatable bonds is 8. The van der Waals surface area contributed by atoms with Gasteiger partial charge in [0.05, 0.1) is 40.7 Å². The predicted octanol–water partition coefficient (Wildman–Crippen LogP) is 4.86. The third kappa shape index (κ3) is 7.65. The zero-order valence-corrected chi connectivity index (χ0v) is 24.8. The molecule has 1 unspecified atom stereocenters. The Morgan fingerprint density at radius 3 is 2.71 bits per heavy atom. The van der Waals surface area contributed by atoms with E-state index in [0.29, 0.717) is 36.5 Å². The second-order valence-corrected chi connectivity index (χ2v) is 12.7. The molecule has 0 spiro atoms. The van der Waals surface area contributed by atoms with Gasteiger partial charge in [-0.1, -0.05) is 12.1 Å². The summed E-state index contributed by atoms with van der Waals surface area (Å²) in [4.78, 5) is 39.4. The Morgan fingerprint density at radius 2 is 1.95 bits per heavy atom. The number of hydrogen-bond acceptors (Lipinski definition) is 9. The number of carbonyl (C=O) groups excluding carboxylic acids is 2. The third-order valence-corrected chi connectivity index (χ3v) is 8.48. The Balaban J connectivity index is 1.25. The molecule has 2 aliphatic rings. The van der Waals surface area contributed by atoms with Crippen molar-refractivity contribution in [3.05, 3.63) is 47.8 Å². The maximum atomic E-state index is 12.9. The molecule has 3 heterocycles. The van der Waals surface area contributed by atoms with E-state index in [4.69, 9.17) is 9.47 Å². The minimum absolute atomic E-state index is 0.0114. The van der Waals surface area contributed by atoms with E-state index < -0.39 is 11.7 Å². The van der Waals surface area contributed by atoms with Gasteiger partial charge < -0.3 is 25.4 Å². The van der Waals surface area contributed by atoms with Gasteiger partial charge in [0.2, 0.25) is 11.8 Å². The average Bonchev–Trinajstić information content (AvgIpc) is 2.94. The van der Waals surface area contributed by atoms with Crippen LogP contribution in [-0.2, 0) is 22.5 Å². The number of thioether (sulfide) groups is 1. The largest absolute Gasteiger partial charge is 0.480 e. The molecule has 3 N–H and O–H groups in total. The first-order valence-electron chi connectivity index (χ1n) is 14.1. The Kier molecular flexibility index (Phi) is 8.94. The van der Waals surface area contributed by atoms with E-state index in [1.165, 1.54) is 11.8 Å². The molecule has 5 rings (SSSR count). The van der Waals surface area contributed by atoms with Crippen molar-refractivity contribution in [1.29, 1.82) is 0 Å². The molecule has 1 atom stereocenters. The number of nitrogens with zero attached hydrogens (tertiary/aromatic N) is 3. The Labute approximate surface area is 244 Å². The van der Waals surface area contributed by atoms with Crippen molar-refractivity contribution in [3.63, 3.8) is 0 Å². The van der Waals surface area contributed by atoms with Crippen LogP contribution in [0.25, 0.3) is 11.0 Å². The first-order valence-corrected chi connectivity index (χ1v) is 15.1. The monoisotopic (exact) mass is 578 g/mol. The van der Waals surface area contributed by atoms with E-state index in [2.05, 4.69) is 30.9 Å². The first kappa shape index (κ1) is 29.1. The summed E-state index contributed by atoms with van der Waals surface area (Å²) in [5.41, 5.74) is 2.91. The molecular weight excluding hydrogens is 540 g/mol. The van der Waals surface area contributed by atoms with Crippen LogP contribution in [0.2, 0.25) is 0 Å². The number of amides is 2. The zero-order valence-electron chi connectivity index (χ0n) is 24.0. The van der Waals surface area contributed by atoms with Crippen molar-refractivity contribution in [2.24, 2.45) is 5.92 Å². The van der Waals surface area contributed by atoms with Crippen molar-refractivity contribution in [2.45, 2.75) is 82.0 Å². The second-order valence-electron chi connectivity index (χ2n) is 11.6. The SMILES string of the molecule is COc1cnc2cccc(CC(NC(=O)OC(C)(C)C)[C@H]3CC[C@H](NCc4ccc5c(n4)NC(=O)CS5)CC3)c2n1. The van der Waals surface area contributed by atoms with E-state index in [1.54, 1.807) is 13.3 Å². The van der Waals surface area contributed by atoms with E-state index in [9.17, 15) is 9.59 Å². The van der Waals surface area contributed by atoms with Crippen LogP contribution in [0.4, 0.5) is 10.6 Å². The molecular formula is C30H38N6O4S. The predicted molar refractivity (Wildman–Crippen MR) is 159 cm³/mol. The number of nitrogens with one attached hydrogen (secondary N) is 3. The minimum Gasteiger partial charge on any atom is -0.480 e. The van der Waals surface area contributed by atoms with Gasteiger partial charge in [0, 0.05) is 18.6 Å². The van der Waals surface area contributed by atoms with Crippen molar-refractivity contribution in [3.8, 4) is 5.88 Å². The number of aromatic nitrogens is 3. The Morgan fingerprint density at radius 1 is 1.15 bits per heavy atom. The molecule has 10 nitrogen and oxygen atoms in total. The standard InChI is InChI=1S/C30H38N6O4S/c1-30(2,3)40-29(38)34-23(14-19-6-5-7-22-27(19)36-26(39-4)16-32-22)18-8-10-20(11-9-18)31-15-21-12-13-24-28(33-21)35-25(37)17-41-24/h5-7,12-13,16,18,20,23,31H,8-11,14-15,17H2,1-4H3,(H,34,38)(H,33,35,37)/t18-,20-,23?. The molecule has 11 heteroatoms. The van der Waals surface area contributed by atoms with E-state index in [1.807, 2.05) is 51.1 Å². The number of anilines is 1. The Hall–Kier alpha value is -3.44. The number of fused-ring (bicyclic) bond motifs is 2. The van der Waals surface area contributed by atoms with Crippen LogP contribution in [-0.4, -0.2) is 57.5 Å². The fraction of sp³-hybridized carbons (Fsp3) is 0.500. The molecule has 1 fully saturated rings. The smallest absolute Gasteiger partial charge is 0.407 e. The lowest BCUT2D eigenvalue weighted by Crippen LogP contribution is -2.46. The molecule has 41 heavy (non-hydrogen) atoms. The summed E-state index contributed by atoms with van der Waals surface area (Å²) < 4.78 is 11.0. The molecule has 0 bridgehead atoms. The topological polar surface area (TPSA) is 127 Å². The highest BCUT2D eigenvalue weighted by molar-refractivity contribution is 8.00. The summed E-state index contributed by atoms with van der Waals surface area (Å²) in [5, 5.41) is 9.70. The van der Waals surface area contributed by atoms with Crippen molar-refractivity contribution >= 4 is 40.6 Å². The molecule has 1 aliphatic carbocycles. The highest BCUT2D eigenvalue weighted by Crippen LogP contribution is 2.32. The van der Waals surface area contributed by atoms with Gasteiger partial charge >= 0.3 is 6.09 Å². The number of hydrogen-bond donors (Lipinski definition) is 3. The lowest BCUT2D eigenvalue weighted by Gasteiger charge is -2.35. The van der Waals surface area contributed by atoms with Crippen LogP contribution in [0.1, 0.15) is 57.7 Å². The number of ether oxygens (including phenoxy) is 2. The molecule has 2 aromatic heterocycles. The van der Waals surface area contributed by atoms with Crippen LogP contribution in [0.5, 0.6) is 5.88 Å². The van der Waals surface area contributed by atoms with Gasteiger partial charge in [-0.15, -0.1) is 11.8 Å². The molecule has 1 aromatic carbocycles. The summed E-state index contributed by atoms with van der Waals surface area (Å²) >= 11 is 1.52.